The molecule has 1 unspecified atom stereocenters. The maximum Gasteiger partial charge on any atom is 0.0658 e. The summed E-state index contributed by atoms with van der Waals surface area (Å²) in [5.74, 6) is 0.565. The first kappa shape index (κ1) is 13.0. The highest BCUT2D eigenvalue weighted by Gasteiger charge is 2.24. The largest absolute Gasteiger partial charge is 0.394 e. The van der Waals surface area contributed by atoms with Crippen molar-refractivity contribution in [1.82, 2.24) is 0 Å². The Morgan fingerprint density at radius 1 is 1.25 bits per heavy atom. The fourth-order valence-corrected chi connectivity index (χ4v) is 2.04. The molecule has 0 amide bonds. The predicted octanol–water partition coefficient (Wildman–Crippen LogP) is 3.20. The van der Waals surface area contributed by atoms with Crippen LogP contribution < -0.4 is 5.32 Å². The van der Waals surface area contributed by atoms with Crippen LogP contribution in [-0.2, 0) is 0 Å². The Hall–Kier alpha value is -1.02. The Balaban J connectivity index is 2.72. The van der Waals surface area contributed by atoms with E-state index in [-0.39, 0.29) is 12.1 Å². The molecule has 0 saturated heterocycles. The maximum atomic E-state index is 9.49. The lowest BCUT2D eigenvalue weighted by Gasteiger charge is -2.31. The van der Waals surface area contributed by atoms with Crippen molar-refractivity contribution in [3.8, 4) is 0 Å². The summed E-state index contributed by atoms with van der Waals surface area (Å²) in [5, 5.41) is 12.9. The van der Waals surface area contributed by atoms with Gasteiger partial charge in [0.1, 0.15) is 0 Å². The first-order valence-corrected chi connectivity index (χ1v) is 5.91. The molecular weight excluding hydrogens is 198 g/mol. The van der Waals surface area contributed by atoms with Gasteiger partial charge < -0.3 is 10.4 Å². The molecule has 2 heteroatoms. The Morgan fingerprint density at radius 2 is 1.81 bits per heavy atom. The predicted molar refractivity (Wildman–Crippen MR) is 69.7 cm³/mol. The van der Waals surface area contributed by atoms with Crippen molar-refractivity contribution in [2.24, 2.45) is 5.92 Å². The number of aliphatic hydroxyl groups is 1. The molecular formula is C14H23NO. The number of aryl methyl sites for hydroxylation is 1. The highest BCUT2D eigenvalue weighted by atomic mass is 16.3. The van der Waals surface area contributed by atoms with Crippen LogP contribution in [-0.4, -0.2) is 17.3 Å². The zero-order valence-corrected chi connectivity index (χ0v) is 10.7. The van der Waals surface area contributed by atoms with Gasteiger partial charge in [0, 0.05) is 5.69 Å². The molecule has 0 bridgehead atoms. The normalized spacial score (nSPS) is 14.9. The van der Waals surface area contributed by atoms with Gasteiger partial charge in [-0.1, -0.05) is 31.5 Å². The lowest BCUT2D eigenvalue weighted by atomic mass is 9.91. The highest BCUT2D eigenvalue weighted by Crippen LogP contribution is 2.22. The van der Waals surface area contributed by atoms with Crippen LogP contribution in [0.1, 0.15) is 32.8 Å². The second kappa shape index (κ2) is 5.35. The molecule has 0 aliphatic heterocycles. The van der Waals surface area contributed by atoms with E-state index < -0.39 is 0 Å². The van der Waals surface area contributed by atoms with Gasteiger partial charge >= 0.3 is 0 Å². The molecule has 0 fully saturated rings. The Labute approximate surface area is 98.7 Å². The van der Waals surface area contributed by atoms with Gasteiger partial charge in [0.25, 0.3) is 0 Å². The molecule has 0 radical (unpaired) electrons. The molecule has 0 spiro atoms. The fraction of sp³-hybridized carbons (Fsp3) is 0.571. The quantitative estimate of drug-likeness (QED) is 0.800. The van der Waals surface area contributed by atoms with Crippen molar-refractivity contribution in [3.05, 3.63) is 29.8 Å². The van der Waals surface area contributed by atoms with E-state index in [1.54, 1.807) is 0 Å². The number of aliphatic hydroxyl groups excluding tert-OH is 1. The van der Waals surface area contributed by atoms with E-state index in [1.807, 2.05) is 0 Å². The topological polar surface area (TPSA) is 32.3 Å². The second-order valence-corrected chi connectivity index (χ2v) is 5.31. The minimum atomic E-state index is -0.233. The lowest BCUT2D eigenvalue weighted by Crippen LogP contribution is -2.40. The van der Waals surface area contributed by atoms with Crippen molar-refractivity contribution in [2.75, 3.05) is 11.9 Å². The van der Waals surface area contributed by atoms with Crippen molar-refractivity contribution < 1.29 is 5.11 Å². The van der Waals surface area contributed by atoms with Crippen molar-refractivity contribution in [1.29, 1.82) is 0 Å². The third kappa shape index (κ3) is 3.86. The van der Waals surface area contributed by atoms with Crippen LogP contribution in [0, 0.1) is 12.8 Å². The molecule has 0 aliphatic rings. The molecule has 1 aromatic carbocycles. The molecule has 2 nitrogen and oxygen atoms in total. The molecule has 0 heterocycles. The standard InChI is InChI=1S/C14H23NO/c1-11(2)9-14(4,10-16)15-13-7-5-12(3)6-8-13/h5-8,11,15-16H,9-10H2,1-4H3. The van der Waals surface area contributed by atoms with Crippen molar-refractivity contribution >= 4 is 5.69 Å². The van der Waals surface area contributed by atoms with Crippen LogP contribution in [0.15, 0.2) is 24.3 Å². The molecule has 90 valence electrons. The SMILES string of the molecule is Cc1ccc(NC(C)(CO)CC(C)C)cc1. The first-order chi connectivity index (χ1) is 7.45. The average Bonchev–Trinajstić information content (AvgIpc) is 2.20. The average molecular weight is 221 g/mol. The summed E-state index contributed by atoms with van der Waals surface area (Å²) >= 11 is 0. The summed E-state index contributed by atoms with van der Waals surface area (Å²) in [7, 11) is 0. The van der Waals surface area contributed by atoms with Gasteiger partial charge in [0.05, 0.1) is 12.1 Å². The van der Waals surface area contributed by atoms with Gasteiger partial charge in [-0.05, 0) is 38.3 Å². The molecule has 0 aromatic heterocycles. The molecule has 2 N–H and O–H groups in total. The Morgan fingerprint density at radius 3 is 2.25 bits per heavy atom. The van der Waals surface area contributed by atoms with E-state index in [9.17, 15) is 5.11 Å². The fourth-order valence-electron chi connectivity index (χ4n) is 2.04. The monoisotopic (exact) mass is 221 g/mol. The summed E-state index contributed by atoms with van der Waals surface area (Å²) in [4.78, 5) is 0. The number of anilines is 1. The first-order valence-electron chi connectivity index (χ1n) is 5.91. The van der Waals surface area contributed by atoms with E-state index in [0.717, 1.165) is 12.1 Å². The Bertz CT molecular complexity index is 318. The molecule has 1 rings (SSSR count). The van der Waals surface area contributed by atoms with Crippen LogP contribution >= 0.6 is 0 Å². The van der Waals surface area contributed by atoms with Gasteiger partial charge in [-0.15, -0.1) is 0 Å². The summed E-state index contributed by atoms with van der Waals surface area (Å²) in [6.45, 7) is 8.63. The molecule has 16 heavy (non-hydrogen) atoms. The molecule has 0 aliphatic carbocycles. The summed E-state index contributed by atoms with van der Waals surface area (Å²) in [5.41, 5.74) is 2.09. The summed E-state index contributed by atoms with van der Waals surface area (Å²) in [6, 6.07) is 8.28. The number of nitrogens with one attached hydrogen (secondary N) is 1. The minimum Gasteiger partial charge on any atom is -0.394 e. The number of hydrogen-bond donors (Lipinski definition) is 2. The van der Waals surface area contributed by atoms with Crippen LogP contribution in [0.3, 0.4) is 0 Å². The summed E-state index contributed by atoms with van der Waals surface area (Å²) in [6.07, 6.45) is 0.956. The van der Waals surface area contributed by atoms with Crippen molar-refractivity contribution in [3.63, 3.8) is 0 Å². The molecule has 1 atom stereocenters. The van der Waals surface area contributed by atoms with Gasteiger partial charge in [0.15, 0.2) is 0 Å². The summed E-state index contributed by atoms with van der Waals surface area (Å²) < 4.78 is 0. The van der Waals surface area contributed by atoms with E-state index in [2.05, 4.69) is 57.3 Å². The highest BCUT2D eigenvalue weighted by molar-refractivity contribution is 5.46. The third-order valence-corrected chi connectivity index (χ3v) is 2.71. The van der Waals surface area contributed by atoms with Crippen LogP contribution in [0.2, 0.25) is 0 Å². The van der Waals surface area contributed by atoms with Crippen molar-refractivity contribution in [2.45, 2.75) is 39.7 Å². The van der Waals surface area contributed by atoms with Gasteiger partial charge in [-0.25, -0.2) is 0 Å². The maximum absolute atomic E-state index is 9.49. The van der Waals surface area contributed by atoms with E-state index in [1.165, 1.54) is 5.56 Å². The van der Waals surface area contributed by atoms with E-state index in [4.69, 9.17) is 0 Å². The Kier molecular flexibility index (Phi) is 4.36. The molecule has 0 saturated carbocycles. The minimum absolute atomic E-state index is 0.152. The second-order valence-electron chi connectivity index (χ2n) is 5.31. The zero-order valence-electron chi connectivity index (χ0n) is 10.7. The lowest BCUT2D eigenvalue weighted by molar-refractivity contribution is 0.202. The van der Waals surface area contributed by atoms with Gasteiger partial charge in [-0.2, -0.15) is 0 Å². The number of hydrogen-bond acceptors (Lipinski definition) is 2. The van der Waals surface area contributed by atoms with E-state index in [0.29, 0.717) is 5.92 Å². The molecule has 1 aromatic rings. The smallest absolute Gasteiger partial charge is 0.0658 e. The van der Waals surface area contributed by atoms with Crippen LogP contribution in [0.4, 0.5) is 5.69 Å². The van der Waals surface area contributed by atoms with Crippen LogP contribution in [0.25, 0.3) is 0 Å². The third-order valence-electron chi connectivity index (χ3n) is 2.71. The van der Waals surface area contributed by atoms with Gasteiger partial charge in [0.2, 0.25) is 0 Å². The van der Waals surface area contributed by atoms with Gasteiger partial charge in [-0.3, -0.25) is 0 Å². The number of benzene rings is 1. The van der Waals surface area contributed by atoms with Crippen LogP contribution in [0.5, 0.6) is 0 Å². The zero-order chi connectivity index (χ0) is 12.2. The number of rotatable bonds is 5. The van der Waals surface area contributed by atoms with E-state index >= 15 is 0 Å².